The Hall–Kier alpha value is -0.250. The van der Waals surface area contributed by atoms with Gasteiger partial charge in [-0.3, -0.25) is 0 Å². The smallest absolute Gasteiger partial charge is 0.188 e. The lowest BCUT2D eigenvalue weighted by atomic mass is 10.1. The van der Waals surface area contributed by atoms with Gasteiger partial charge in [-0.2, -0.15) is 0 Å². The van der Waals surface area contributed by atoms with Crippen molar-refractivity contribution in [3.05, 3.63) is 27.2 Å². The summed E-state index contributed by atoms with van der Waals surface area (Å²) in [6, 6.07) is 3.80. The van der Waals surface area contributed by atoms with Crippen LogP contribution in [-0.2, 0) is 4.74 Å². The molecule has 88 valence electrons. The molecule has 0 unspecified atom stereocenters. The van der Waals surface area contributed by atoms with Crippen molar-refractivity contribution in [2.75, 3.05) is 13.9 Å². The molecule has 4 heteroatoms. The van der Waals surface area contributed by atoms with E-state index in [1.807, 2.05) is 12.1 Å². The maximum absolute atomic E-state index is 6.26. The number of rotatable bonds is 4. The summed E-state index contributed by atoms with van der Waals surface area (Å²) in [7, 11) is 1.59. The largest absolute Gasteiger partial charge is 0.467 e. The second-order valence-corrected chi connectivity index (χ2v) is 5.43. The van der Waals surface area contributed by atoms with Crippen LogP contribution in [0.2, 0.25) is 5.02 Å². The molecule has 0 radical (unpaired) electrons. The molecule has 1 fully saturated rings. The van der Waals surface area contributed by atoms with Gasteiger partial charge < -0.3 is 9.47 Å². The molecule has 2 atom stereocenters. The predicted octanol–water partition coefficient (Wildman–Crippen LogP) is 4.21. The lowest BCUT2D eigenvalue weighted by molar-refractivity contribution is 0.0511. The molecule has 2 rings (SSSR count). The first-order chi connectivity index (χ1) is 7.63. The van der Waals surface area contributed by atoms with E-state index in [1.165, 1.54) is 12.0 Å². The van der Waals surface area contributed by atoms with Crippen molar-refractivity contribution in [1.82, 2.24) is 0 Å². The molecule has 1 aromatic carbocycles. The molecule has 0 amide bonds. The third-order valence-electron chi connectivity index (χ3n) is 2.88. The molecule has 1 saturated carbocycles. The number of hydrogen-bond donors (Lipinski definition) is 0. The van der Waals surface area contributed by atoms with Gasteiger partial charge in [0.2, 0.25) is 0 Å². The average Bonchev–Trinajstić information content (AvgIpc) is 2.91. The van der Waals surface area contributed by atoms with Crippen LogP contribution in [0.25, 0.3) is 0 Å². The Morgan fingerprint density at radius 3 is 2.69 bits per heavy atom. The maximum atomic E-state index is 6.26. The third kappa shape index (κ3) is 2.53. The zero-order valence-electron chi connectivity index (χ0n) is 9.30. The zero-order valence-corrected chi connectivity index (χ0v) is 11.6. The molecule has 0 saturated heterocycles. The van der Waals surface area contributed by atoms with Gasteiger partial charge in [-0.15, -0.1) is 0 Å². The van der Waals surface area contributed by atoms with E-state index in [1.54, 1.807) is 7.11 Å². The van der Waals surface area contributed by atoms with Crippen molar-refractivity contribution < 1.29 is 9.47 Å². The van der Waals surface area contributed by atoms with E-state index in [4.69, 9.17) is 21.1 Å². The number of hydrogen-bond acceptors (Lipinski definition) is 2. The van der Waals surface area contributed by atoms with E-state index >= 15 is 0 Å². The van der Waals surface area contributed by atoms with Crippen molar-refractivity contribution in [2.45, 2.75) is 19.3 Å². The Morgan fingerprint density at radius 1 is 1.50 bits per heavy atom. The molecule has 0 aromatic heterocycles. The molecule has 0 heterocycles. The molecule has 1 aromatic rings. The van der Waals surface area contributed by atoms with Crippen molar-refractivity contribution in [3.63, 3.8) is 0 Å². The molecule has 2 nitrogen and oxygen atoms in total. The number of halogens is 2. The predicted molar refractivity (Wildman–Crippen MR) is 68.2 cm³/mol. The van der Waals surface area contributed by atoms with Gasteiger partial charge in [0.1, 0.15) is 5.75 Å². The van der Waals surface area contributed by atoms with E-state index < -0.39 is 0 Å². The molecule has 16 heavy (non-hydrogen) atoms. The van der Waals surface area contributed by atoms with E-state index in [0.29, 0.717) is 5.92 Å². The summed E-state index contributed by atoms with van der Waals surface area (Å²) < 4.78 is 11.2. The summed E-state index contributed by atoms with van der Waals surface area (Å²) in [5.41, 5.74) is 1.21. The highest BCUT2D eigenvalue weighted by molar-refractivity contribution is 9.10. The zero-order chi connectivity index (χ0) is 11.7. The first kappa shape index (κ1) is 12.2. The Morgan fingerprint density at radius 2 is 2.19 bits per heavy atom. The fourth-order valence-corrected chi connectivity index (χ4v) is 3.05. The normalized spacial score (nSPS) is 23.2. The van der Waals surface area contributed by atoms with Gasteiger partial charge in [-0.05, 0) is 36.0 Å². The number of benzene rings is 1. The van der Waals surface area contributed by atoms with Crippen molar-refractivity contribution in [1.29, 1.82) is 0 Å². The minimum absolute atomic E-state index is 0.238. The standard InChI is InChI=1S/C12H14BrClO2/c1-7-3-9(7)12-10(13)4-8(5-11(12)14)16-6-15-2/h4-5,7,9H,3,6H2,1-2H3/t7-,9+/m1/s1. The van der Waals surface area contributed by atoms with Crippen LogP contribution >= 0.6 is 27.5 Å². The van der Waals surface area contributed by atoms with Crippen LogP contribution in [0, 0.1) is 5.92 Å². The summed E-state index contributed by atoms with van der Waals surface area (Å²) in [5.74, 6) is 2.06. The van der Waals surface area contributed by atoms with Crippen LogP contribution in [0.5, 0.6) is 5.75 Å². The van der Waals surface area contributed by atoms with Crippen LogP contribution < -0.4 is 4.74 Å². The summed E-state index contributed by atoms with van der Waals surface area (Å²) in [5, 5.41) is 0.773. The van der Waals surface area contributed by atoms with Crippen molar-refractivity contribution in [2.24, 2.45) is 5.92 Å². The van der Waals surface area contributed by atoms with Crippen LogP contribution in [0.3, 0.4) is 0 Å². The maximum Gasteiger partial charge on any atom is 0.188 e. The van der Waals surface area contributed by atoms with Gasteiger partial charge in [0, 0.05) is 16.6 Å². The second kappa shape index (κ2) is 4.94. The minimum Gasteiger partial charge on any atom is -0.467 e. The van der Waals surface area contributed by atoms with E-state index in [0.717, 1.165) is 21.2 Å². The highest BCUT2D eigenvalue weighted by atomic mass is 79.9. The number of methoxy groups -OCH3 is 1. The molecule has 0 spiro atoms. The van der Waals surface area contributed by atoms with E-state index in [2.05, 4.69) is 22.9 Å². The molecule has 0 N–H and O–H groups in total. The topological polar surface area (TPSA) is 18.5 Å². The lowest BCUT2D eigenvalue weighted by Crippen LogP contribution is -1.99. The molecule has 0 aliphatic heterocycles. The molecule has 0 bridgehead atoms. The molecular formula is C12H14BrClO2. The Bertz CT molecular complexity index is 372. The van der Waals surface area contributed by atoms with Crippen molar-refractivity contribution >= 4 is 27.5 Å². The van der Waals surface area contributed by atoms with Crippen LogP contribution in [0.15, 0.2) is 16.6 Å². The first-order valence-corrected chi connectivity index (χ1v) is 6.41. The second-order valence-electron chi connectivity index (χ2n) is 4.17. The molecule has 1 aliphatic rings. The summed E-state index contributed by atoms with van der Waals surface area (Å²) in [4.78, 5) is 0. The first-order valence-electron chi connectivity index (χ1n) is 5.24. The third-order valence-corrected chi connectivity index (χ3v) is 3.85. The van der Waals surface area contributed by atoms with Gasteiger partial charge in [-0.25, -0.2) is 0 Å². The Balaban J connectivity index is 2.22. The van der Waals surface area contributed by atoms with Gasteiger partial charge in [0.05, 0.1) is 0 Å². The Kier molecular flexibility index (Phi) is 3.77. The highest BCUT2D eigenvalue weighted by Crippen LogP contribution is 2.52. The fourth-order valence-electron chi connectivity index (χ4n) is 1.85. The van der Waals surface area contributed by atoms with E-state index in [9.17, 15) is 0 Å². The lowest BCUT2D eigenvalue weighted by Gasteiger charge is -2.10. The fraction of sp³-hybridized carbons (Fsp3) is 0.500. The van der Waals surface area contributed by atoms with Crippen molar-refractivity contribution in [3.8, 4) is 5.75 Å². The quantitative estimate of drug-likeness (QED) is 0.776. The summed E-state index contributed by atoms with van der Waals surface area (Å²) in [6.45, 7) is 2.48. The Labute approximate surface area is 109 Å². The highest BCUT2D eigenvalue weighted by Gasteiger charge is 2.37. The molecule has 1 aliphatic carbocycles. The number of ether oxygens (including phenoxy) is 2. The SMILES string of the molecule is COCOc1cc(Cl)c([C@H]2C[C@H]2C)c(Br)c1. The van der Waals surface area contributed by atoms with Crippen LogP contribution in [0.1, 0.15) is 24.8 Å². The summed E-state index contributed by atoms with van der Waals surface area (Å²) in [6.07, 6.45) is 1.22. The monoisotopic (exact) mass is 304 g/mol. The van der Waals surface area contributed by atoms with Gasteiger partial charge in [0.25, 0.3) is 0 Å². The minimum atomic E-state index is 0.238. The van der Waals surface area contributed by atoms with Crippen LogP contribution in [-0.4, -0.2) is 13.9 Å². The average molecular weight is 306 g/mol. The van der Waals surface area contributed by atoms with Gasteiger partial charge in [-0.1, -0.05) is 34.5 Å². The van der Waals surface area contributed by atoms with Gasteiger partial charge in [0.15, 0.2) is 6.79 Å². The summed E-state index contributed by atoms with van der Waals surface area (Å²) >= 11 is 9.82. The molecular weight excluding hydrogens is 291 g/mol. The van der Waals surface area contributed by atoms with Crippen LogP contribution in [0.4, 0.5) is 0 Å². The van der Waals surface area contributed by atoms with Gasteiger partial charge >= 0.3 is 0 Å². The van der Waals surface area contributed by atoms with E-state index in [-0.39, 0.29) is 6.79 Å².